The molecule has 5 heteroatoms. The summed E-state index contributed by atoms with van der Waals surface area (Å²) in [4.78, 5) is 22.4. The zero-order valence-electron chi connectivity index (χ0n) is 9.23. The fourth-order valence-corrected chi connectivity index (χ4v) is 1.30. The van der Waals surface area contributed by atoms with Crippen LogP contribution in [-0.4, -0.2) is 21.1 Å². The summed E-state index contributed by atoms with van der Waals surface area (Å²) in [7, 11) is 0. The zero-order valence-corrected chi connectivity index (χ0v) is 9.23. The summed E-state index contributed by atoms with van der Waals surface area (Å²) in [5.41, 5.74) is 0.343. The van der Waals surface area contributed by atoms with E-state index in [1.165, 1.54) is 0 Å². The Balaban J connectivity index is 2.46. The largest absolute Gasteiger partial charge is 0.462 e. The number of nitrogens with one attached hydrogen (secondary N) is 1. The van der Waals surface area contributed by atoms with Crippen molar-refractivity contribution in [1.82, 2.24) is 15.0 Å². The summed E-state index contributed by atoms with van der Waals surface area (Å²) in [5, 5.41) is 0.520. The molecule has 1 unspecified atom stereocenters. The molecule has 0 aliphatic carbocycles. The molecule has 2 aromatic rings. The standard InChI is InChI=1S/C11H13N3O2/c1-3-7(2)16-11-13-9-6-12-5-4-8(9)10(15)14-11/h4-7H,3H2,1-2H3,(H,13,14,15). The maximum atomic E-state index is 11.7. The lowest BCUT2D eigenvalue weighted by atomic mass is 10.3. The molecule has 0 radical (unpaired) electrons. The lowest BCUT2D eigenvalue weighted by Crippen LogP contribution is -2.16. The molecule has 0 spiro atoms. The number of nitrogens with zero attached hydrogens (tertiary/aromatic N) is 2. The number of hydrogen-bond donors (Lipinski definition) is 1. The third kappa shape index (κ3) is 2.03. The van der Waals surface area contributed by atoms with Crippen LogP contribution in [0.1, 0.15) is 20.3 Å². The Morgan fingerprint density at radius 2 is 2.38 bits per heavy atom. The maximum absolute atomic E-state index is 11.7. The number of hydrogen-bond acceptors (Lipinski definition) is 4. The first kappa shape index (κ1) is 10.6. The molecule has 2 rings (SSSR count). The van der Waals surface area contributed by atoms with Crippen LogP contribution in [0.25, 0.3) is 10.9 Å². The minimum Gasteiger partial charge on any atom is -0.462 e. The van der Waals surface area contributed by atoms with Crippen molar-refractivity contribution >= 4 is 10.9 Å². The van der Waals surface area contributed by atoms with E-state index in [9.17, 15) is 4.79 Å². The SMILES string of the molecule is CCC(C)Oc1nc2cnccc2c(=O)[nH]1. The number of aromatic amines is 1. The minimum atomic E-state index is -0.203. The molecule has 0 saturated heterocycles. The van der Waals surface area contributed by atoms with Gasteiger partial charge in [0.25, 0.3) is 11.6 Å². The van der Waals surface area contributed by atoms with Gasteiger partial charge < -0.3 is 4.74 Å². The maximum Gasteiger partial charge on any atom is 0.297 e. The molecule has 2 heterocycles. The summed E-state index contributed by atoms with van der Waals surface area (Å²) in [6.07, 6.45) is 3.99. The number of fused-ring (bicyclic) bond motifs is 1. The predicted octanol–water partition coefficient (Wildman–Crippen LogP) is 1.50. The monoisotopic (exact) mass is 219 g/mol. The van der Waals surface area contributed by atoms with Crippen LogP contribution in [0.4, 0.5) is 0 Å². The molecule has 0 amide bonds. The molecule has 0 aliphatic rings. The van der Waals surface area contributed by atoms with Crippen LogP contribution in [-0.2, 0) is 0 Å². The van der Waals surface area contributed by atoms with Crippen molar-refractivity contribution in [2.75, 3.05) is 0 Å². The number of H-pyrrole nitrogens is 1. The van der Waals surface area contributed by atoms with Crippen LogP contribution in [0, 0.1) is 0 Å². The molecule has 1 atom stereocenters. The van der Waals surface area contributed by atoms with E-state index in [-0.39, 0.29) is 17.7 Å². The fraction of sp³-hybridized carbons (Fsp3) is 0.364. The summed E-state index contributed by atoms with van der Waals surface area (Å²) >= 11 is 0. The number of aromatic nitrogens is 3. The van der Waals surface area contributed by atoms with E-state index < -0.39 is 0 Å². The van der Waals surface area contributed by atoms with Gasteiger partial charge in [-0.25, -0.2) is 0 Å². The minimum absolute atomic E-state index is 0.0253. The Morgan fingerprint density at radius 1 is 1.56 bits per heavy atom. The Labute approximate surface area is 92.5 Å². The van der Waals surface area contributed by atoms with Gasteiger partial charge >= 0.3 is 0 Å². The molecule has 0 bridgehead atoms. The van der Waals surface area contributed by atoms with Crippen molar-refractivity contribution in [3.63, 3.8) is 0 Å². The quantitative estimate of drug-likeness (QED) is 0.849. The molecule has 16 heavy (non-hydrogen) atoms. The van der Waals surface area contributed by atoms with Gasteiger partial charge in [-0.15, -0.1) is 0 Å². The number of ether oxygens (including phenoxy) is 1. The van der Waals surface area contributed by atoms with Crippen LogP contribution in [0.2, 0.25) is 0 Å². The number of pyridine rings is 1. The lowest BCUT2D eigenvalue weighted by molar-refractivity contribution is 0.199. The third-order valence-electron chi connectivity index (χ3n) is 2.37. The van der Waals surface area contributed by atoms with E-state index in [4.69, 9.17) is 4.74 Å². The molecule has 5 nitrogen and oxygen atoms in total. The van der Waals surface area contributed by atoms with E-state index in [1.807, 2.05) is 13.8 Å². The van der Waals surface area contributed by atoms with Crippen molar-refractivity contribution in [2.45, 2.75) is 26.4 Å². The lowest BCUT2D eigenvalue weighted by Gasteiger charge is -2.10. The van der Waals surface area contributed by atoms with Gasteiger partial charge in [0.1, 0.15) is 0 Å². The van der Waals surface area contributed by atoms with Crippen LogP contribution in [0.15, 0.2) is 23.3 Å². The van der Waals surface area contributed by atoms with Crippen LogP contribution in [0.3, 0.4) is 0 Å². The zero-order chi connectivity index (χ0) is 11.5. The summed E-state index contributed by atoms with van der Waals surface area (Å²) in [6.45, 7) is 3.93. The summed E-state index contributed by atoms with van der Waals surface area (Å²) < 4.78 is 5.46. The van der Waals surface area contributed by atoms with Crippen molar-refractivity contribution in [3.05, 3.63) is 28.8 Å². The van der Waals surface area contributed by atoms with E-state index >= 15 is 0 Å². The van der Waals surface area contributed by atoms with Gasteiger partial charge in [0.2, 0.25) is 0 Å². The molecular weight excluding hydrogens is 206 g/mol. The van der Waals surface area contributed by atoms with Gasteiger partial charge in [-0.2, -0.15) is 4.98 Å². The highest BCUT2D eigenvalue weighted by Crippen LogP contribution is 2.09. The Kier molecular flexibility index (Phi) is 2.85. The van der Waals surface area contributed by atoms with E-state index in [0.29, 0.717) is 10.9 Å². The second-order valence-corrected chi connectivity index (χ2v) is 3.60. The normalized spacial score (nSPS) is 12.6. The van der Waals surface area contributed by atoms with E-state index in [1.54, 1.807) is 18.5 Å². The third-order valence-corrected chi connectivity index (χ3v) is 2.37. The van der Waals surface area contributed by atoms with Crippen molar-refractivity contribution in [3.8, 4) is 6.01 Å². The first-order valence-electron chi connectivity index (χ1n) is 5.21. The molecule has 0 aliphatic heterocycles. The van der Waals surface area contributed by atoms with Crippen LogP contribution >= 0.6 is 0 Å². The van der Waals surface area contributed by atoms with Gasteiger partial charge in [0.15, 0.2) is 0 Å². The smallest absolute Gasteiger partial charge is 0.297 e. The molecule has 0 saturated carbocycles. The van der Waals surface area contributed by atoms with Gasteiger partial charge in [0.05, 0.1) is 23.2 Å². The highest BCUT2D eigenvalue weighted by Gasteiger charge is 2.06. The van der Waals surface area contributed by atoms with Crippen LogP contribution in [0.5, 0.6) is 6.01 Å². The highest BCUT2D eigenvalue weighted by molar-refractivity contribution is 5.76. The average molecular weight is 219 g/mol. The molecule has 2 aromatic heterocycles. The Morgan fingerprint density at radius 3 is 3.12 bits per heavy atom. The Bertz CT molecular complexity index is 550. The van der Waals surface area contributed by atoms with Gasteiger partial charge in [-0.3, -0.25) is 14.8 Å². The fourth-order valence-electron chi connectivity index (χ4n) is 1.30. The van der Waals surface area contributed by atoms with E-state index in [2.05, 4.69) is 15.0 Å². The average Bonchev–Trinajstić information content (AvgIpc) is 2.29. The number of rotatable bonds is 3. The van der Waals surface area contributed by atoms with Crippen LogP contribution < -0.4 is 10.3 Å². The van der Waals surface area contributed by atoms with Gasteiger partial charge in [0, 0.05) is 6.20 Å². The molecule has 84 valence electrons. The van der Waals surface area contributed by atoms with Crippen molar-refractivity contribution in [2.24, 2.45) is 0 Å². The van der Waals surface area contributed by atoms with E-state index in [0.717, 1.165) is 6.42 Å². The predicted molar refractivity (Wildman–Crippen MR) is 60.5 cm³/mol. The first-order valence-corrected chi connectivity index (χ1v) is 5.21. The highest BCUT2D eigenvalue weighted by atomic mass is 16.5. The Hall–Kier alpha value is -1.91. The second-order valence-electron chi connectivity index (χ2n) is 3.60. The second kappa shape index (κ2) is 4.30. The van der Waals surface area contributed by atoms with Crippen molar-refractivity contribution in [1.29, 1.82) is 0 Å². The molecular formula is C11H13N3O2. The van der Waals surface area contributed by atoms with Crippen molar-refractivity contribution < 1.29 is 4.74 Å². The molecule has 1 N–H and O–H groups in total. The summed E-state index contributed by atoms with van der Waals surface area (Å²) in [5.74, 6) is 0. The first-order chi connectivity index (χ1) is 7.70. The summed E-state index contributed by atoms with van der Waals surface area (Å²) in [6, 6.07) is 1.88. The molecule has 0 aromatic carbocycles. The molecule has 0 fully saturated rings. The van der Waals surface area contributed by atoms with Gasteiger partial charge in [-0.1, -0.05) is 6.92 Å². The topological polar surface area (TPSA) is 67.9 Å². The van der Waals surface area contributed by atoms with Gasteiger partial charge in [-0.05, 0) is 19.4 Å².